The maximum atomic E-state index is 10.3. The average molecular weight is 248 g/mol. The molecule has 0 spiro atoms. The normalized spacial score (nSPS) is 10.9. The third-order valence-corrected chi connectivity index (χ3v) is 2.04. The van der Waals surface area contributed by atoms with Crippen LogP contribution in [-0.2, 0) is 4.79 Å². The van der Waals surface area contributed by atoms with E-state index in [4.69, 9.17) is 9.52 Å². The number of rotatable bonds is 3. The lowest BCUT2D eigenvalue weighted by molar-refractivity contribution is -0.131. The summed E-state index contributed by atoms with van der Waals surface area (Å²) in [5.41, 5.74) is -0.0000231. The lowest BCUT2D eigenvalue weighted by Gasteiger charge is -2.01. The molecule has 2 rings (SSSR count). The van der Waals surface area contributed by atoms with Gasteiger partial charge in [-0.2, -0.15) is 0 Å². The van der Waals surface area contributed by atoms with Crippen LogP contribution in [-0.4, -0.2) is 31.5 Å². The van der Waals surface area contributed by atoms with E-state index in [1.54, 1.807) is 0 Å². The van der Waals surface area contributed by atoms with Crippen molar-refractivity contribution in [3.05, 3.63) is 30.2 Å². The monoisotopic (exact) mass is 248 g/mol. The van der Waals surface area contributed by atoms with Crippen LogP contribution in [0.2, 0.25) is 0 Å². The van der Waals surface area contributed by atoms with Crippen molar-refractivity contribution in [2.45, 2.75) is 0 Å². The first-order chi connectivity index (χ1) is 8.58. The van der Waals surface area contributed by atoms with Crippen LogP contribution in [0.1, 0.15) is 5.89 Å². The van der Waals surface area contributed by atoms with E-state index in [0.29, 0.717) is 0 Å². The number of benzene rings is 1. The topological polar surface area (TPSA) is 117 Å². The highest BCUT2D eigenvalue weighted by Crippen LogP contribution is 2.35. The van der Waals surface area contributed by atoms with Gasteiger partial charge in [0.05, 0.1) is 0 Å². The van der Waals surface area contributed by atoms with Gasteiger partial charge in [0, 0.05) is 12.2 Å². The second kappa shape index (κ2) is 4.58. The number of carboxylic acids is 1. The standard InChI is InChI=1S/C11H8N2O5/c14-6-2-1-3-7(15)10(6)11-13-12-8(18-11)4-5-9(16)17/h1-5,14-15H,(H,16,17)/b5-4-. The second-order valence-electron chi connectivity index (χ2n) is 3.29. The van der Waals surface area contributed by atoms with Crippen molar-refractivity contribution in [1.29, 1.82) is 0 Å². The number of aromatic nitrogens is 2. The molecule has 0 atom stereocenters. The summed E-state index contributed by atoms with van der Waals surface area (Å²) < 4.78 is 5.09. The summed E-state index contributed by atoms with van der Waals surface area (Å²) in [4.78, 5) is 10.3. The van der Waals surface area contributed by atoms with Crippen LogP contribution in [0, 0.1) is 0 Å². The minimum absolute atomic E-state index is 0.0000231. The second-order valence-corrected chi connectivity index (χ2v) is 3.29. The van der Waals surface area contributed by atoms with Crippen LogP contribution in [0.4, 0.5) is 0 Å². The Kier molecular flexibility index (Phi) is 2.96. The number of aromatic hydroxyl groups is 2. The van der Waals surface area contributed by atoms with Gasteiger partial charge in [-0.25, -0.2) is 4.79 Å². The Balaban J connectivity index is 2.38. The number of phenolic OH excluding ortho intramolecular Hbond substituents is 2. The van der Waals surface area contributed by atoms with E-state index in [-0.39, 0.29) is 28.8 Å². The molecule has 0 saturated heterocycles. The third kappa shape index (κ3) is 2.29. The zero-order valence-corrected chi connectivity index (χ0v) is 8.94. The number of carbonyl (C=O) groups is 1. The Morgan fingerprint density at radius 1 is 1.22 bits per heavy atom. The fourth-order valence-corrected chi connectivity index (χ4v) is 1.29. The van der Waals surface area contributed by atoms with E-state index in [2.05, 4.69) is 10.2 Å². The molecular weight excluding hydrogens is 240 g/mol. The Morgan fingerprint density at radius 2 is 1.89 bits per heavy atom. The van der Waals surface area contributed by atoms with E-state index in [9.17, 15) is 15.0 Å². The molecule has 7 heteroatoms. The molecule has 0 aliphatic heterocycles. The lowest BCUT2D eigenvalue weighted by Crippen LogP contribution is -1.85. The number of nitrogens with zero attached hydrogens (tertiary/aromatic N) is 2. The van der Waals surface area contributed by atoms with Crippen molar-refractivity contribution >= 4 is 12.0 Å². The molecule has 0 saturated carbocycles. The molecule has 18 heavy (non-hydrogen) atoms. The van der Waals surface area contributed by atoms with Crippen molar-refractivity contribution in [3.8, 4) is 23.0 Å². The number of hydrogen-bond donors (Lipinski definition) is 3. The maximum absolute atomic E-state index is 10.3. The van der Waals surface area contributed by atoms with Crippen LogP contribution in [0.25, 0.3) is 17.5 Å². The molecule has 0 bridgehead atoms. The van der Waals surface area contributed by atoms with Crippen LogP contribution in [0.15, 0.2) is 28.7 Å². The van der Waals surface area contributed by atoms with Crippen LogP contribution in [0.3, 0.4) is 0 Å². The summed E-state index contributed by atoms with van der Waals surface area (Å²) in [7, 11) is 0. The first-order valence-electron chi connectivity index (χ1n) is 4.84. The van der Waals surface area contributed by atoms with Crippen LogP contribution < -0.4 is 0 Å². The predicted molar refractivity (Wildman–Crippen MR) is 59.7 cm³/mol. The molecule has 1 aromatic heterocycles. The molecular formula is C11H8N2O5. The zero-order chi connectivity index (χ0) is 13.1. The van der Waals surface area contributed by atoms with Crippen molar-refractivity contribution in [3.63, 3.8) is 0 Å². The van der Waals surface area contributed by atoms with Crippen LogP contribution >= 0.6 is 0 Å². The number of hydrogen-bond acceptors (Lipinski definition) is 6. The number of carboxylic acid groups (broad SMARTS) is 1. The van der Waals surface area contributed by atoms with E-state index < -0.39 is 5.97 Å². The fourth-order valence-electron chi connectivity index (χ4n) is 1.29. The minimum Gasteiger partial charge on any atom is -0.507 e. The summed E-state index contributed by atoms with van der Waals surface area (Å²) in [5.74, 6) is -1.73. The average Bonchev–Trinajstić information content (AvgIpc) is 2.75. The van der Waals surface area contributed by atoms with Gasteiger partial charge in [0.1, 0.15) is 17.1 Å². The van der Waals surface area contributed by atoms with Gasteiger partial charge in [0.15, 0.2) is 0 Å². The van der Waals surface area contributed by atoms with E-state index in [1.165, 1.54) is 18.2 Å². The van der Waals surface area contributed by atoms with Gasteiger partial charge in [-0.3, -0.25) is 0 Å². The maximum Gasteiger partial charge on any atom is 0.328 e. The lowest BCUT2D eigenvalue weighted by atomic mass is 10.2. The predicted octanol–water partition coefficient (Wildman–Crippen LogP) is 1.25. The van der Waals surface area contributed by atoms with E-state index in [1.807, 2.05) is 0 Å². The highest BCUT2D eigenvalue weighted by atomic mass is 16.4. The Bertz CT molecular complexity index is 597. The molecule has 1 heterocycles. The molecule has 0 aliphatic rings. The first-order valence-corrected chi connectivity index (χ1v) is 4.84. The molecule has 0 radical (unpaired) electrons. The molecule has 0 aliphatic carbocycles. The molecule has 3 N–H and O–H groups in total. The molecule has 0 amide bonds. The summed E-state index contributed by atoms with van der Waals surface area (Å²) in [6, 6.07) is 4.16. The summed E-state index contributed by atoms with van der Waals surface area (Å²) in [5, 5.41) is 34.7. The largest absolute Gasteiger partial charge is 0.507 e. The zero-order valence-electron chi connectivity index (χ0n) is 8.94. The van der Waals surface area contributed by atoms with Crippen LogP contribution in [0.5, 0.6) is 11.5 Å². The van der Waals surface area contributed by atoms with Gasteiger partial charge >= 0.3 is 5.97 Å². The summed E-state index contributed by atoms with van der Waals surface area (Å²) in [6.07, 6.45) is 1.94. The minimum atomic E-state index is -1.15. The molecule has 7 nitrogen and oxygen atoms in total. The number of phenols is 2. The van der Waals surface area contributed by atoms with Crippen molar-refractivity contribution in [1.82, 2.24) is 10.2 Å². The molecule has 0 fully saturated rings. The van der Waals surface area contributed by atoms with Gasteiger partial charge in [-0.1, -0.05) is 6.07 Å². The van der Waals surface area contributed by atoms with Gasteiger partial charge in [-0.15, -0.1) is 10.2 Å². The molecule has 2 aromatic rings. The number of aliphatic carboxylic acids is 1. The Hall–Kier alpha value is -2.83. The van der Waals surface area contributed by atoms with Gasteiger partial charge in [0.2, 0.25) is 5.89 Å². The Labute approximate surface area is 101 Å². The third-order valence-electron chi connectivity index (χ3n) is 2.04. The van der Waals surface area contributed by atoms with Crippen molar-refractivity contribution in [2.24, 2.45) is 0 Å². The van der Waals surface area contributed by atoms with Gasteiger partial charge in [-0.05, 0) is 12.1 Å². The van der Waals surface area contributed by atoms with Gasteiger partial charge in [0.25, 0.3) is 5.89 Å². The first kappa shape index (κ1) is 11.6. The SMILES string of the molecule is O=C(O)/C=C\c1nnc(-c2c(O)cccc2O)o1. The Morgan fingerprint density at radius 3 is 2.50 bits per heavy atom. The van der Waals surface area contributed by atoms with Gasteiger partial charge < -0.3 is 19.7 Å². The summed E-state index contributed by atoms with van der Waals surface area (Å²) >= 11 is 0. The van der Waals surface area contributed by atoms with Crippen molar-refractivity contribution < 1.29 is 24.5 Å². The van der Waals surface area contributed by atoms with E-state index >= 15 is 0 Å². The fraction of sp³-hybridized carbons (Fsp3) is 0. The highest BCUT2D eigenvalue weighted by molar-refractivity contribution is 5.84. The van der Waals surface area contributed by atoms with Crippen molar-refractivity contribution in [2.75, 3.05) is 0 Å². The smallest absolute Gasteiger partial charge is 0.328 e. The molecule has 92 valence electrons. The highest BCUT2D eigenvalue weighted by Gasteiger charge is 2.15. The molecule has 0 unspecified atom stereocenters. The van der Waals surface area contributed by atoms with E-state index in [0.717, 1.165) is 12.2 Å². The molecule has 1 aromatic carbocycles. The quantitative estimate of drug-likeness (QED) is 0.699. The summed E-state index contributed by atoms with van der Waals surface area (Å²) in [6.45, 7) is 0.